The Hall–Kier alpha value is -2.42. The van der Waals surface area contributed by atoms with Crippen LogP contribution in [0, 0.1) is 0 Å². The zero-order chi connectivity index (χ0) is 20.5. The summed E-state index contributed by atoms with van der Waals surface area (Å²) in [6.45, 7) is 15.8. The minimum absolute atomic E-state index is 0.0732. The Bertz CT molecular complexity index is 906. The lowest BCUT2D eigenvalue weighted by atomic mass is 9.80. The lowest BCUT2D eigenvalue weighted by molar-refractivity contribution is 0.566. The molecular formula is C25H33N3. The van der Waals surface area contributed by atoms with E-state index in [0.29, 0.717) is 0 Å². The monoisotopic (exact) mass is 375 g/mol. The number of hydrogen-bond acceptors (Lipinski definition) is 2. The Balaban J connectivity index is 2.20. The molecule has 3 aromatic rings. The zero-order valence-corrected chi connectivity index (χ0v) is 18.4. The van der Waals surface area contributed by atoms with Gasteiger partial charge in [-0.3, -0.25) is 0 Å². The molecule has 0 bridgehead atoms. The van der Waals surface area contributed by atoms with Crippen LogP contribution >= 0.6 is 0 Å². The van der Waals surface area contributed by atoms with E-state index < -0.39 is 0 Å². The third kappa shape index (κ3) is 4.35. The van der Waals surface area contributed by atoms with Gasteiger partial charge in [-0.25, -0.2) is 9.67 Å². The van der Waals surface area contributed by atoms with Gasteiger partial charge in [0.1, 0.15) is 5.82 Å². The van der Waals surface area contributed by atoms with Crippen LogP contribution in [0.5, 0.6) is 0 Å². The maximum Gasteiger partial charge on any atom is 0.181 e. The molecule has 0 radical (unpaired) electrons. The van der Waals surface area contributed by atoms with Gasteiger partial charge in [0.2, 0.25) is 0 Å². The lowest BCUT2D eigenvalue weighted by Gasteiger charge is -2.26. The number of benzene rings is 2. The highest BCUT2D eigenvalue weighted by molar-refractivity contribution is 5.55. The van der Waals surface area contributed by atoms with Crippen molar-refractivity contribution in [2.45, 2.75) is 72.1 Å². The first-order chi connectivity index (χ1) is 13.1. The molecule has 3 rings (SSSR count). The molecule has 0 aliphatic rings. The van der Waals surface area contributed by atoms with E-state index in [2.05, 4.69) is 83.5 Å². The summed E-state index contributed by atoms with van der Waals surface area (Å²) in [5, 5.41) is 4.92. The van der Waals surface area contributed by atoms with E-state index in [0.717, 1.165) is 35.7 Å². The smallest absolute Gasteiger partial charge is 0.181 e. The molecule has 148 valence electrons. The van der Waals surface area contributed by atoms with Crippen LogP contribution in [-0.2, 0) is 17.3 Å². The highest BCUT2D eigenvalue weighted by atomic mass is 15.4. The van der Waals surface area contributed by atoms with Gasteiger partial charge in [-0.2, -0.15) is 0 Å². The van der Waals surface area contributed by atoms with Crippen molar-refractivity contribution < 1.29 is 0 Å². The summed E-state index contributed by atoms with van der Waals surface area (Å²) in [5.41, 5.74) is 4.97. The SMILES string of the molecule is CCCc1nc(-c2ccccc2)nn1-c1cc(C(C)(C)C)cc(C(C)(C)C)c1. The van der Waals surface area contributed by atoms with Crippen molar-refractivity contribution in [3.63, 3.8) is 0 Å². The van der Waals surface area contributed by atoms with Crippen LogP contribution in [0.1, 0.15) is 71.8 Å². The molecule has 0 aliphatic heterocycles. The number of hydrogen-bond donors (Lipinski definition) is 0. The first kappa shape index (κ1) is 20.3. The Morgan fingerprint density at radius 1 is 0.821 bits per heavy atom. The van der Waals surface area contributed by atoms with Crippen molar-refractivity contribution in [2.24, 2.45) is 0 Å². The molecule has 3 heteroatoms. The zero-order valence-electron chi connectivity index (χ0n) is 18.4. The van der Waals surface area contributed by atoms with Crippen molar-refractivity contribution in [2.75, 3.05) is 0 Å². The molecule has 0 amide bonds. The summed E-state index contributed by atoms with van der Waals surface area (Å²) in [5.74, 6) is 1.81. The van der Waals surface area contributed by atoms with E-state index in [-0.39, 0.29) is 10.8 Å². The molecule has 1 aromatic heterocycles. The fourth-order valence-corrected chi connectivity index (χ4v) is 3.25. The highest BCUT2D eigenvalue weighted by Gasteiger charge is 2.22. The van der Waals surface area contributed by atoms with Crippen LogP contribution in [0.4, 0.5) is 0 Å². The fraction of sp³-hybridized carbons (Fsp3) is 0.440. The Morgan fingerprint density at radius 3 is 1.89 bits per heavy atom. The minimum Gasteiger partial charge on any atom is -0.217 e. The van der Waals surface area contributed by atoms with Gasteiger partial charge in [0.05, 0.1) is 5.69 Å². The van der Waals surface area contributed by atoms with Crippen molar-refractivity contribution in [1.29, 1.82) is 0 Å². The predicted molar refractivity (Wildman–Crippen MR) is 118 cm³/mol. The predicted octanol–water partition coefficient (Wildman–Crippen LogP) is 6.48. The number of aromatic nitrogens is 3. The van der Waals surface area contributed by atoms with Crippen LogP contribution in [0.15, 0.2) is 48.5 Å². The maximum atomic E-state index is 4.92. The first-order valence-corrected chi connectivity index (χ1v) is 10.3. The Labute approximate surface area is 169 Å². The highest BCUT2D eigenvalue weighted by Crippen LogP contribution is 2.32. The Morgan fingerprint density at radius 2 is 1.39 bits per heavy atom. The van der Waals surface area contributed by atoms with Gasteiger partial charge in [-0.1, -0.05) is 84.9 Å². The first-order valence-electron chi connectivity index (χ1n) is 10.3. The quantitative estimate of drug-likeness (QED) is 0.522. The average molecular weight is 376 g/mol. The summed E-state index contributed by atoms with van der Waals surface area (Å²) in [4.78, 5) is 4.88. The summed E-state index contributed by atoms with van der Waals surface area (Å²) >= 11 is 0. The molecule has 2 aromatic carbocycles. The van der Waals surface area contributed by atoms with E-state index in [4.69, 9.17) is 10.1 Å². The molecule has 0 saturated heterocycles. The molecule has 0 unspecified atom stereocenters. The van der Waals surface area contributed by atoms with Crippen molar-refractivity contribution in [1.82, 2.24) is 14.8 Å². The molecule has 3 nitrogen and oxygen atoms in total. The normalized spacial score (nSPS) is 12.4. The van der Waals surface area contributed by atoms with Gasteiger partial charge in [0, 0.05) is 12.0 Å². The van der Waals surface area contributed by atoms with Gasteiger partial charge >= 0.3 is 0 Å². The van der Waals surface area contributed by atoms with E-state index in [1.807, 2.05) is 18.2 Å². The topological polar surface area (TPSA) is 30.7 Å². The number of rotatable bonds is 4. The van der Waals surface area contributed by atoms with E-state index in [1.165, 1.54) is 11.1 Å². The molecule has 0 saturated carbocycles. The van der Waals surface area contributed by atoms with Gasteiger partial charge in [0.25, 0.3) is 0 Å². The lowest BCUT2D eigenvalue weighted by Crippen LogP contribution is -2.18. The number of aryl methyl sites for hydroxylation is 1. The van der Waals surface area contributed by atoms with Gasteiger partial charge in [-0.15, -0.1) is 5.10 Å². The largest absolute Gasteiger partial charge is 0.217 e. The average Bonchev–Trinajstić information content (AvgIpc) is 3.05. The molecule has 28 heavy (non-hydrogen) atoms. The summed E-state index contributed by atoms with van der Waals surface area (Å²) in [6.07, 6.45) is 1.95. The van der Waals surface area contributed by atoms with Crippen LogP contribution in [0.2, 0.25) is 0 Å². The van der Waals surface area contributed by atoms with Crippen molar-refractivity contribution in [3.05, 3.63) is 65.5 Å². The fourth-order valence-electron chi connectivity index (χ4n) is 3.25. The maximum absolute atomic E-state index is 4.92. The Kier molecular flexibility index (Phi) is 5.47. The molecule has 0 aliphatic carbocycles. The van der Waals surface area contributed by atoms with Crippen molar-refractivity contribution >= 4 is 0 Å². The summed E-state index contributed by atoms with van der Waals surface area (Å²) < 4.78 is 2.05. The molecule has 1 heterocycles. The third-order valence-electron chi connectivity index (χ3n) is 5.07. The molecule has 0 spiro atoms. The molecular weight excluding hydrogens is 342 g/mol. The second-order valence-corrected chi connectivity index (χ2v) is 9.65. The van der Waals surface area contributed by atoms with E-state index in [1.54, 1.807) is 0 Å². The van der Waals surface area contributed by atoms with E-state index in [9.17, 15) is 0 Å². The van der Waals surface area contributed by atoms with Gasteiger partial charge < -0.3 is 0 Å². The molecule has 0 fully saturated rings. The summed E-state index contributed by atoms with van der Waals surface area (Å²) in [7, 11) is 0. The van der Waals surface area contributed by atoms with Gasteiger partial charge in [-0.05, 0) is 40.5 Å². The van der Waals surface area contributed by atoms with Crippen LogP contribution in [0.3, 0.4) is 0 Å². The van der Waals surface area contributed by atoms with Crippen LogP contribution in [0.25, 0.3) is 17.1 Å². The summed E-state index contributed by atoms with van der Waals surface area (Å²) in [6, 6.07) is 17.1. The number of nitrogens with zero attached hydrogens (tertiary/aromatic N) is 3. The molecule has 0 N–H and O–H groups in total. The van der Waals surface area contributed by atoms with Crippen molar-refractivity contribution in [3.8, 4) is 17.1 Å². The molecule has 0 atom stereocenters. The standard InChI is InChI=1S/C25H33N3/c1-8-12-22-26-23(18-13-10-9-11-14-18)27-28(22)21-16-19(24(2,3)4)15-20(17-21)25(5,6)7/h9-11,13-17H,8,12H2,1-7H3. The van der Waals surface area contributed by atoms with Crippen LogP contribution in [-0.4, -0.2) is 14.8 Å². The van der Waals surface area contributed by atoms with Crippen LogP contribution < -0.4 is 0 Å². The second-order valence-electron chi connectivity index (χ2n) is 9.65. The van der Waals surface area contributed by atoms with E-state index >= 15 is 0 Å². The third-order valence-corrected chi connectivity index (χ3v) is 5.07. The van der Waals surface area contributed by atoms with Gasteiger partial charge in [0.15, 0.2) is 5.82 Å². The minimum atomic E-state index is 0.0732. The second kappa shape index (κ2) is 7.54.